The maximum Gasteiger partial charge on any atom is 0.363 e. The van der Waals surface area contributed by atoms with Crippen LogP contribution < -0.4 is 0 Å². The molecule has 0 saturated heterocycles. The number of hydrogen-bond acceptors (Lipinski definition) is 3. The SMILES string of the molecule is Cc1ccc(C(=O)S([O])(=O)=O)cc1. The van der Waals surface area contributed by atoms with Crippen molar-refractivity contribution in [3.63, 3.8) is 0 Å². The molecule has 5 heteroatoms. The number of carbonyl (C=O) groups is 1. The Hall–Kier alpha value is -1.20. The minimum absolute atomic E-state index is 0.0967. The van der Waals surface area contributed by atoms with Crippen LogP contribution in [0, 0.1) is 6.92 Å². The van der Waals surface area contributed by atoms with Gasteiger partial charge in [0.15, 0.2) is 0 Å². The van der Waals surface area contributed by atoms with Crippen LogP contribution in [0.15, 0.2) is 24.3 Å². The molecule has 1 aromatic rings. The van der Waals surface area contributed by atoms with Crippen molar-refractivity contribution in [1.29, 1.82) is 0 Å². The topological polar surface area (TPSA) is 71.1 Å². The van der Waals surface area contributed by atoms with Crippen LogP contribution in [0.2, 0.25) is 0 Å². The molecule has 0 saturated carbocycles. The molecule has 0 aliphatic carbocycles. The van der Waals surface area contributed by atoms with Gasteiger partial charge in [0.2, 0.25) is 0 Å². The Morgan fingerprint density at radius 1 is 1.15 bits per heavy atom. The van der Waals surface area contributed by atoms with Gasteiger partial charge in [-0.3, -0.25) is 4.79 Å². The highest BCUT2D eigenvalue weighted by Gasteiger charge is 2.21. The first kappa shape index (κ1) is 9.88. The van der Waals surface area contributed by atoms with Gasteiger partial charge in [0.25, 0.3) is 0 Å². The van der Waals surface area contributed by atoms with Crippen molar-refractivity contribution in [2.45, 2.75) is 6.92 Å². The summed E-state index contributed by atoms with van der Waals surface area (Å²) in [5.74, 6) is 0. The van der Waals surface area contributed by atoms with Crippen molar-refractivity contribution in [2.75, 3.05) is 0 Å². The lowest BCUT2D eigenvalue weighted by molar-refractivity contribution is 0.106. The summed E-state index contributed by atoms with van der Waals surface area (Å²) in [5, 5.41) is -1.38. The molecule has 0 amide bonds. The molecule has 0 unspecified atom stereocenters. The highest BCUT2D eigenvalue weighted by Crippen LogP contribution is 2.06. The zero-order valence-electron chi connectivity index (χ0n) is 6.85. The molecule has 0 heterocycles. The van der Waals surface area contributed by atoms with Gasteiger partial charge in [0.1, 0.15) is 0 Å². The molecule has 1 radical (unpaired) electrons. The van der Waals surface area contributed by atoms with Crippen LogP contribution in [-0.4, -0.2) is 13.5 Å². The van der Waals surface area contributed by atoms with Crippen LogP contribution >= 0.6 is 0 Å². The number of carbonyl (C=O) groups excluding carboxylic acids is 1. The van der Waals surface area contributed by atoms with Gasteiger partial charge < -0.3 is 0 Å². The molecule has 0 aliphatic rings. The van der Waals surface area contributed by atoms with Crippen LogP contribution in [0.3, 0.4) is 0 Å². The molecular weight excluding hydrogens is 192 g/mol. The molecular formula is C8H7O4S. The van der Waals surface area contributed by atoms with Gasteiger partial charge in [0.05, 0.1) is 0 Å². The van der Waals surface area contributed by atoms with Gasteiger partial charge in [-0.05, 0) is 19.1 Å². The summed E-state index contributed by atoms with van der Waals surface area (Å²) in [5.41, 5.74) is 0.792. The van der Waals surface area contributed by atoms with E-state index in [1.807, 2.05) is 0 Å². The van der Waals surface area contributed by atoms with Crippen LogP contribution in [0.4, 0.5) is 0 Å². The second kappa shape index (κ2) is 3.27. The van der Waals surface area contributed by atoms with E-state index in [1.54, 1.807) is 19.1 Å². The molecule has 0 aromatic heterocycles. The second-order valence-corrected chi connectivity index (χ2v) is 3.89. The van der Waals surface area contributed by atoms with Gasteiger partial charge in [-0.25, -0.2) is 0 Å². The Labute approximate surface area is 76.0 Å². The third-order valence-corrected chi connectivity index (χ3v) is 2.20. The molecule has 0 aliphatic heterocycles. The van der Waals surface area contributed by atoms with E-state index < -0.39 is 15.2 Å². The third-order valence-electron chi connectivity index (χ3n) is 1.51. The molecule has 1 rings (SSSR count). The van der Waals surface area contributed by atoms with E-state index in [0.717, 1.165) is 5.56 Å². The fourth-order valence-electron chi connectivity index (χ4n) is 0.834. The number of aryl methyl sites for hydroxylation is 1. The molecule has 0 N–H and O–H groups in total. The van der Waals surface area contributed by atoms with Crippen LogP contribution in [0.1, 0.15) is 15.9 Å². The highest BCUT2D eigenvalue weighted by atomic mass is 32.2. The van der Waals surface area contributed by atoms with Crippen molar-refractivity contribution in [1.82, 2.24) is 0 Å². The first-order chi connectivity index (χ1) is 5.91. The normalized spacial score (nSPS) is 11.2. The summed E-state index contributed by atoms with van der Waals surface area (Å²) in [6.45, 7) is 1.79. The van der Waals surface area contributed by atoms with Crippen molar-refractivity contribution in [3.05, 3.63) is 35.4 Å². The standard InChI is InChI=1S/C8H7O4S/c1-6-2-4-7(5-3-6)8(9)13(10,11)12/h2-5H,1H3. The van der Waals surface area contributed by atoms with E-state index in [-0.39, 0.29) is 5.56 Å². The molecule has 0 fully saturated rings. The zero-order valence-corrected chi connectivity index (χ0v) is 7.67. The van der Waals surface area contributed by atoms with Gasteiger partial charge in [-0.2, -0.15) is 8.42 Å². The lowest BCUT2D eigenvalue weighted by Crippen LogP contribution is -2.11. The molecule has 1 aromatic carbocycles. The van der Waals surface area contributed by atoms with E-state index in [1.165, 1.54) is 12.1 Å². The van der Waals surface area contributed by atoms with Crippen LogP contribution in [-0.2, 0) is 14.7 Å². The van der Waals surface area contributed by atoms with Gasteiger partial charge >= 0.3 is 15.2 Å². The third kappa shape index (κ3) is 2.37. The Morgan fingerprint density at radius 3 is 2.00 bits per heavy atom. The van der Waals surface area contributed by atoms with Gasteiger partial charge in [0, 0.05) is 5.56 Å². The monoisotopic (exact) mass is 199 g/mol. The molecule has 69 valence electrons. The summed E-state index contributed by atoms with van der Waals surface area (Å²) in [7, 11) is -4.86. The average molecular weight is 199 g/mol. The number of rotatable bonds is 1. The van der Waals surface area contributed by atoms with E-state index >= 15 is 0 Å². The fraction of sp³-hybridized carbons (Fsp3) is 0.125. The summed E-state index contributed by atoms with van der Waals surface area (Å²) in [6.07, 6.45) is 0. The maximum atomic E-state index is 10.9. The zero-order chi connectivity index (χ0) is 10.1. The van der Waals surface area contributed by atoms with Crippen molar-refractivity contribution >= 4 is 15.2 Å². The lowest BCUT2D eigenvalue weighted by atomic mass is 10.2. The Kier molecular flexibility index (Phi) is 2.49. The summed E-state index contributed by atoms with van der Waals surface area (Å²) >= 11 is 0. The molecule has 0 spiro atoms. The predicted octanol–water partition coefficient (Wildman–Crippen LogP) is 0.896. The van der Waals surface area contributed by atoms with E-state index in [9.17, 15) is 17.8 Å². The van der Waals surface area contributed by atoms with E-state index in [2.05, 4.69) is 0 Å². The predicted molar refractivity (Wildman–Crippen MR) is 45.1 cm³/mol. The second-order valence-electron chi connectivity index (χ2n) is 2.61. The van der Waals surface area contributed by atoms with Crippen LogP contribution in [0.25, 0.3) is 0 Å². The lowest BCUT2D eigenvalue weighted by Gasteiger charge is -1.95. The molecule has 4 nitrogen and oxygen atoms in total. The Bertz CT molecular complexity index is 416. The quantitative estimate of drug-likeness (QED) is 0.674. The summed E-state index contributed by atoms with van der Waals surface area (Å²) in [6, 6.07) is 5.76. The maximum absolute atomic E-state index is 10.9. The Morgan fingerprint density at radius 2 is 1.62 bits per heavy atom. The van der Waals surface area contributed by atoms with Gasteiger partial charge in [-0.15, -0.1) is 0 Å². The first-order valence-electron chi connectivity index (χ1n) is 3.48. The first-order valence-corrected chi connectivity index (χ1v) is 4.89. The summed E-state index contributed by atoms with van der Waals surface area (Å²) < 4.78 is 30.9. The van der Waals surface area contributed by atoms with E-state index in [0.29, 0.717) is 0 Å². The van der Waals surface area contributed by atoms with Crippen molar-refractivity contribution in [3.8, 4) is 0 Å². The van der Waals surface area contributed by atoms with Crippen molar-refractivity contribution in [2.24, 2.45) is 0 Å². The molecule has 0 bridgehead atoms. The van der Waals surface area contributed by atoms with Crippen molar-refractivity contribution < 1.29 is 17.8 Å². The minimum Gasteiger partial charge on any atom is -0.273 e. The smallest absolute Gasteiger partial charge is 0.273 e. The van der Waals surface area contributed by atoms with E-state index in [4.69, 9.17) is 0 Å². The largest absolute Gasteiger partial charge is 0.363 e. The summed E-state index contributed by atoms with van der Waals surface area (Å²) in [4.78, 5) is 10.9. The average Bonchev–Trinajstić information content (AvgIpc) is 2.03. The number of benzene rings is 1. The molecule has 13 heavy (non-hydrogen) atoms. The minimum atomic E-state index is -4.86. The van der Waals surface area contributed by atoms with Gasteiger partial charge in [-0.1, -0.05) is 22.2 Å². The fourth-order valence-corrected chi connectivity index (χ4v) is 1.26. The number of hydrogen-bond donors (Lipinski definition) is 0. The highest BCUT2D eigenvalue weighted by molar-refractivity contribution is 8.01. The Balaban J connectivity index is 3.12. The molecule has 0 atom stereocenters. The van der Waals surface area contributed by atoms with Crippen LogP contribution in [0.5, 0.6) is 0 Å².